The van der Waals surface area contributed by atoms with Gasteiger partial charge in [-0.3, -0.25) is 4.90 Å². The Balaban J connectivity index is 1.15. The highest BCUT2D eigenvalue weighted by Crippen LogP contribution is 2.36. The molecule has 3 aromatic heterocycles. The van der Waals surface area contributed by atoms with Gasteiger partial charge in [0.1, 0.15) is 17.5 Å². The number of urea groups is 1. The summed E-state index contributed by atoms with van der Waals surface area (Å²) < 4.78 is 56.2. The van der Waals surface area contributed by atoms with Crippen LogP contribution >= 0.6 is 0 Å². The first kappa shape index (κ1) is 31.9. The summed E-state index contributed by atoms with van der Waals surface area (Å²) in [6, 6.07) is 12.9. The van der Waals surface area contributed by atoms with Gasteiger partial charge in [-0.25, -0.2) is 24.7 Å². The summed E-state index contributed by atoms with van der Waals surface area (Å²) in [4.78, 5) is 36.3. The molecule has 1 aromatic carbocycles. The van der Waals surface area contributed by atoms with Crippen molar-refractivity contribution in [3.8, 4) is 23.0 Å². The third-order valence-electron chi connectivity index (χ3n) is 7.98. The number of nitrogens with one attached hydrogen (secondary N) is 2. The fraction of sp³-hybridized carbons (Fsp3) is 0.375. The number of hydrogen-bond acceptors (Lipinski definition) is 10. The van der Waals surface area contributed by atoms with Crippen LogP contribution in [0.1, 0.15) is 36.8 Å². The number of amides is 2. The van der Waals surface area contributed by atoms with E-state index in [9.17, 15) is 18.0 Å². The predicted molar refractivity (Wildman–Crippen MR) is 165 cm³/mol. The zero-order chi connectivity index (χ0) is 32.8. The monoisotopic (exact) mass is 650 g/mol. The molecule has 0 unspecified atom stereocenters. The van der Waals surface area contributed by atoms with Gasteiger partial charge in [0.15, 0.2) is 0 Å². The third-order valence-corrected chi connectivity index (χ3v) is 7.98. The van der Waals surface area contributed by atoms with Crippen molar-refractivity contribution in [3.05, 3.63) is 78.4 Å². The van der Waals surface area contributed by atoms with Crippen molar-refractivity contribution in [2.24, 2.45) is 0 Å². The summed E-state index contributed by atoms with van der Waals surface area (Å²) in [5.41, 5.74) is 1.45. The maximum atomic E-state index is 13.7. The normalized spacial score (nSPS) is 18.1. The molecule has 2 aliphatic rings. The molecule has 246 valence electrons. The fourth-order valence-electron chi connectivity index (χ4n) is 5.41. The molecule has 1 saturated heterocycles. The molecular weight excluding hydrogens is 617 g/mol. The average Bonchev–Trinajstić information content (AvgIpc) is 3.07. The fourth-order valence-corrected chi connectivity index (χ4v) is 5.41. The highest BCUT2D eigenvalue weighted by Gasteiger charge is 2.38. The molecule has 12 nitrogen and oxygen atoms in total. The van der Waals surface area contributed by atoms with Gasteiger partial charge in [-0.1, -0.05) is 30.3 Å². The number of alkyl halides is 3. The molecule has 1 aliphatic carbocycles. The van der Waals surface area contributed by atoms with Crippen molar-refractivity contribution in [1.82, 2.24) is 30.2 Å². The van der Waals surface area contributed by atoms with Gasteiger partial charge in [0.05, 0.1) is 20.3 Å². The Bertz CT molecular complexity index is 1630. The number of rotatable bonds is 10. The van der Waals surface area contributed by atoms with E-state index in [0.717, 1.165) is 22.9 Å². The van der Waals surface area contributed by atoms with Gasteiger partial charge in [-0.05, 0) is 43.4 Å². The van der Waals surface area contributed by atoms with Gasteiger partial charge < -0.3 is 24.8 Å². The topological polar surface area (TPSA) is 137 Å². The smallest absolute Gasteiger partial charge is 0.423 e. The van der Waals surface area contributed by atoms with Crippen molar-refractivity contribution in [3.63, 3.8) is 0 Å². The molecular formula is C32H33F3N8O4. The Labute approximate surface area is 268 Å². The quantitative estimate of drug-likeness (QED) is 0.234. The molecule has 15 heteroatoms. The largest absolute Gasteiger partial charge is 0.469 e. The molecule has 4 heterocycles. The summed E-state index contributed by atoms with van der Waals surface area (Å²) >= 11 is 0. The molecule has 0 bridgehead atoms. The van der Waals surface area contributed by atoms with E-state index in [2.05, 4.69) is 35.6 Å². The second-order valence-corrected chi connectivity index (χ2v) is 11.2. The number of methoxy groups -OCH3 is 1. The van der Waals surface area contributed by atoms with Crippen LogP contribution in [0.3, 0.4) is 0 Å². The van der Waals surface area contributed by atoms with Crippen LogP contribution in [0, 0.1) is 0 Å². The van der Waals surface area contributed by atoms with Crippen molar-refractivity contribution in [2.75, 3.05) is 30.5 Å². The third kappa shape index (κ3) is 7.85. The molecule has 2 N–H and O–H groups in total. The molecule has 6 rings (SSSR count). The van der Waals surface area contributed by atoms with E-state index in [0.29, 0.717) is 38.0 Å². The molecule has 2 fully saturated rings. The van der Waals surface area contributed by atoms with Crippen molar-refractivity contribution in [1.29, 1.82) is 0 Å². The van der Waals surface area contributed by atoms with Crippen LogP contribution in [-0.4, -0.2) is 69.5 Å². The molecule has 0 radical (unpaired) electrons. The van der Waals surface area contributed by atoms with Crippen LogP contribution < -0.4 is 25.0 Å². The van der Waals surface area contributed by atoms with Gasteiger partial charge >= 0.3 is 18.2 Å². The van der Waals surface area contributed by atoms with Crippen LogP contribution in [0.2, 0.25) is 0 Å². The average molecular weight is 651 g/mol. The summed E-state index contributed by atoms with van der Waals surface area (Å²) in [6.45, 7) is 0.755. The van der Waals surface area contributed by atoms with E-state index >= 15 is 0 Å². The molecule has 0 spiro atoms. The lowest BCUT2D eigenvalue weighted by molar-refractivity contribution is -0.142. The zero-order valence-electron chi connectivity index (χ0n) is 25.5. The lowest BCUT2D eigenvalue weighted by atomic mass is 9.90. The van der Waals surface area contributed by atoms with Gasteiger partial charge in [0, 0.05) is 54.5 Å². The highest BCUT2D eigenvalue weighted by molar-refractivity contribution is 5.91. The summed E-state index contributed by atoms with van der Waals surface area (Å²) in [6.07, 6.45) is 2.99. The minimum absolute atomic E-state index is 0.0499. The first-order chi connectivity index (χ1) is 22.8. The van der Waals surface area contributed by atoms with Gasteiger partial charge in [-0.15, -0.1) is 0 Å². The van der Waals surface area contributed by atoms with Crippen molar-refractivity contribution in [2.45, 2.75) is 56.6 Å². The van der Waals surface area contributed by atoms with Gasteiger partial charge in [-0.2, -0.15) is 18.2 Å². The number of benzene rings is 1. The standard InChI is InChI=1S/C32H33F3N8O4/c1-45-30-38-15-22(16-39-30)21-7-12-27(36-14-21)43(31(44)40-13-20-5-3-2-4-6-20)24-10-8-23(9-11-24)41-29-37-17-26(32(33,34)35)28(42-29)47-25-18-46-19-25/h2-7,12,14-17,23-25H,8-11,13,18-19H2,1H3,(H,40,44)(H,37,41,42)/t23-,24-. The summed E-state index contributed by atoms with van der Waals surface area (Å²) in [5, 5.41) is 6.18. The second-order valence-electron chi connectivity index (χ2n) is 11.2. The Morgan fingerprint density at radius 2 is 1.66 bits per heavy atom. The molecule has 1 aliphatic heterocycles. The number of ether oxygens (including phenoxy) is 3. The Morgan fingerprint density at radius 1 is 0.936 bits per heavy atom. The molecule has 47 heavy (non-hydrogen) atoms. The first-order valence-electron chi connectivity index (χ1n) is 15.2. The number of anilines is 2. The maximum Gasteiger partial charge on any atom is 0.423 e. The van der Waals surface area contributed by atoms with Crippen LogP contribution in [0.15, 0.2) is 67.3 Å². The number of carbonyl (C=O) groups is 1. The highest BCUT2D eigenvalue weighted by atomic mass is 19.4. The van der Waals surface area contributed by atoms with E-state index < -0.39 is 23.7 Å². The Kier molecular flexibility index (Phi) is 9.61. The van der Waals surface area contributed by atoms with Crippen LogP contribution in [0.5, 0.6) is 11.9 Å². The number of halogens is 3. The first-order valence-corrected chi connectivity index (χ1v) is 15.2. The SMILES string of the molecule is COc1ncc(-c2ccc(N(C(=O)NCc3ccccc3)[C@H]3CC[C@H](Nc4ncc(C(F)(F)F)c(OC5COC5)n4)CC3)nc2)cn1. The molecule has 2 amide bonds. The number of hydrogen-bond donors (Lipinski definition) is 2. The van der Waals surface area contributed by atoms with E-state index in [-0.39, 0.29) is 43.3 Å². The van der Waals surface area contributed by atoms with Gasteiger partial charge in [0.25, 0.3) is 0 Å². The van der Waals surface area contributed by atoms with E-state index in [1.807, 2.05) is 36.4 Å². The summed E-state index contributed by atoms with van der Waals surface area (Å²) in [7, 11) is 1.49. The van der Waals surface area contributed by atoms with E-state index in [4.69, 9.17) is 14.2 Å². The predicted octanol–water partition coefficient (Wildman–Crippen LogP) is 5.27. The number of aromatic nitrogens is 5. The van der Waals surface area contributed by atoms with Crippen LogP contribution in [0.4, 0.5) is 29.7 Å². The molecule has 4 aromatic rings. The van der Waals surface area contributed by atoms with Crippen molar-refractivity contribution < 1.29 is 32.2 Å². The van der Waals surface area contributed by atoms with Crippen LogP contribution in [0.25, 0.3) is 11.1 Å². The maximum absolute atomic E-state index is 13.7. The van der Waals surface area contributed by atoms with Gasteiger partial charge in [0.2, 0.25) is 11.8 Å². The second kappa shape index (κ2) is 14.2. The number of nitrogens with zero attached hydrogens (tertiary/aromatic N) is 6. The van der Waals surface area contributed by atoms with E-state index in [1.54, 1.807) is 29.6 Å². The van der Waals surface area contributed by atoms with Crippen molar-refractivity contribution >= 4 is 17.8 Å². The summed E-state index contributed by atoms with van der Waals surface area (Å²) in [5.74, 6) is 0.0147. The molecule has 1 saturated carbocycles. The minimum Gasteiger partial charge on any atom is -0.469 e. The van der Waals surface area contributed by atoms with E-state index in [1.165, 1.54) is 7.11 Å². The Morgan fingerprint density at radius 3 is 2.28 bits per heavy atom. The number of carbonyl (C=O) groups excluding carboxylic acids is 1. The lowest BCUT2D eigenvalue weighted by Crippen LogP contribution is -2.49. The molecule has 0 atom stereocenters. The Hall–Kier alpha value is -5.05. The minimum atomic E-state index is -4.66. The van der Waals surface area contributed by atoms with Crippen LogP contribution in [-0.2, 0) is 17.5 Å². The lowest BCUT2D eigenvalue weighted by Gasteiger charge is -2.36. The zero-order valence-corrected chi connectivity index (χ0v) is 25.5. The number of pyridine rings is 1.